The molecule has 0 heterocycles. The molecule has 0 saturated heterocycles. The van der Waals surface area contributed by atoms with Gasteiger partial charge in [0, 0.05) is 6.21 Å². The lowest BCUT2D eigenvalue weighted by atomic mass is 10.2. The predicted octanol–water partition coefficient (Wildman–Crippen LogP) is 5.24. The van der Waals surface area contributed by atoms with E-state index < -0.39 is 0 Å². The third-order valence-electron chi connectivity index (χ3n) is 3.26. The molecule has 0 unspecified atom stereocenters. The Balaban J connectivity index is 1.65. The largest absolute Gasteiger partial charge is 0.457 e. The summed E-state index contributed by atoms with van der Waals surface area (Å²) in [5.74, 6) is 1.33. The first-order chi connectivity index (χ1) is 11.3. The Morgan fingerprint density at radius 1 is 0.826 bits per heavy atom. The lowest BCUT2D eigenvalue weighted by Crippen LogP contribution is -1.88. The van der Waals surface area contributed by atoms with E-state index in [4.69, 9.17) is 4.74 Å². The van der Waals surface area contributed by atoms with Gasteiger partial charge in [0.15, 0.2) is 0 Å². The molecule has 0 aliphatic carbocycles. The molecule has 0 spiro atoms. The smallest absolute Gasteiger partial charge is 0.128 e. The molecule has 0 fully saturated rings. The van der Waals surface area contributed by atoms with Crippen molar-refractivity contribution in [3.8, 4) is 11.5 Å². The molecule has 0 bridgehead atoms. The highest BCUT2D eigenvalue weighted by atomic mass is 19.1. The molecule has 0 amide bonds. The molecule has 0 aromatic heterocycles. The van der Waals surface area contributed by atoms with E-state index >= 15 is 0 Å². The molecule has 114 valence electrons. The van der Waals surface area contributed by atoms with Crippen LogP contribution in [-0.4, -0.2) is 6.21 Å². The molecule has 0 N–H and O–H groups in total. The summed E-state index contributed by atoms with van der Waals surface area (Å²) < 4.78 is 18.6. The number of para-hydroxylation sites is 1. The zero-order valence-electron chi connectivity index (χ0n) is 12.5. The van der Waals surface area contributed by atoms with Gasteiger partial charge >= 0.3 is 0 Å². The van der Waals surface area contributed by atoms with Gasteiger partial charge in [0.1, 0.15) is 17.3 Å². The van der Waals surface area contributed by atoms with Gasteiger partial charge in [-0.3, -0.25) is 4.99 Å². The van der Waals surface area contributed by atoms with Crippen LogP contribution in [0.5, 0.6) is 11.5 Å². The number of rotatable bonds is 5. The van der Waals surface area contributed by atoms with Crippen molar-refractivity contribution in [1.82, 2.24) is 0 Å². The van der Waals surface area contributed by atoms with E-state index in [0.29, 0.717) is 6.54 Å². The van der Waals surface area contributed by atoms with Crippen LogP contribution < -0.4 is 4.74 Å². The average molecular weight is 305 g/mol. The fourth-order valence-corrected chi connectivity index (χ4v) is 2.13. The van der Waals surface area contributed by atoms with E-state index in [1.807, 2.05) is 54.6 Å². The summed E-state index contributed by atoms with van der Waals surface area (Å²) in [4.78, 5) is 4.39. The lowest BCUT2D eigenvalue weighted by molar-refractivity contribution is 0.482. The minimum absolute atomic E-state index is 0.233. The van der Waals surface area contributed by atoms with Gasteiger partial charge in [-0.05, 0) is 47.5 Å². The maximum atomic E-state index is 12.8. The molecule has 0 saturated carbocycles. The van der Waals surface area contributed by atoms with E-state index in [1.54, 1.807) is 18.3 Å². The number of nitrogens with zero attached hydrogens (tertiary/aromatic N) is 1. The molecule has 3 heteroatoms. The Morgan fingerprint density at radius 2 is 1.57 bits per heavy atom. The number of ether oxygens (including phenoxy) is 1. The van der Waals surface area contributed by atoms with E-state index in [1.165, 1.54) is 12.1 Å². The van der Waals surface area contributed by atoms with Crippen molar-refractivity contribution in [2.75, 3.05) is 0 Å². The van der Waals surface area contributed by atoms with Crippen molar-refractivity contribution in [2.45, 2.75) is 6.54 Å². The van der Waals surface area contributed by atoms with E-state index in [-0.39, 0.29) is 5.82 Å². The van der Waals surface area contributed by atoms with Crippen LogP contribution in [0.25, 0.3) is 0 Å². The molecule has 3 rings (SSSR count). The van der Waals surface area contributed by atoms with Crippen LogP contribution in [0.2, 0.25) is 0 Å². The van der Waals surface area contributed by atoms with Crippen LogP contribution in [0.15, 0.2) is 83.9 Å². The van der Waals surface area contributed by atoms with Crippen molar-refractivity contribution in [1.29, 1.82) is 0 Å². The maximum absolute atomic E-state index is 12.8. The van der Waals surface area contributed by atoms with Gasteiger partial charge in [0.05, 0.1) is 6.54 Å². The van der Waals surface area contributed by atoms with Crippen molar-refractivity contribution in [2.24, 2.45) is 4.99 Å². The highest BCUT2D eigenvalue weighted by Crippen LogP contribution is 2.21. The van der Waals surface area contributed by atoms with Crippen LogP contribution in [-0.2, 0) is 6.54 Å². The standard InChI is InChI=1S/C20H16FNO/c21-18-11-9-16(10-12-18)14-22-15-17-5-4-8-20(13-17)23-19-6-2-1-3-7-19/h1-13,15H,14H2/b22-15+. The summed E-state index contributed by atoms with van der Waals surface area (Å²) in [6, 6.07) is 23.7. The Bertz CT molecular complexity index is 782. The van der Waals surface area contributed by atoms with Crippen LogP contribution >= 0.6 is 0 Å². The van der Waals surface area contributed by atoms with Crippen molar-refractivity contribution >= 4 is 6.21 Å². The van der Waals surface area contributed by atoms with Gasteiger partial charge in [0.2, 0.25) is 0 Å². The summed E-state index contributed by atoms with van der Waals surface area (Å²) in [5, 5.41) is 0. The summed E-state index contributed by atoms with van der Waals surface area (Å²) in [6.45, 7) is 0.518. The summed E-state index contributed by atoms with van der Waals surface area (Å²) in [6.07, 6.45) is 1.79. The fourth-order valence-electron chi connectivity index (χ4n) is 2.13. The Hall–Kier alpha value is -2.94. The van der Waals surface area contributed by atoms with Crippen LogP contribution in [0.3, 0.4) is 0 Å². The minimum atomic E-state index is -0.233. The predicted molar refractivity (Wildman–Crippen MR) is 90.7 cm³/mol. The molecule has 0 atom stereocenters. The number of hydrogen-bond donors (Lipinski definition) is 0. The Morgan fingerprint density at radius 3 is 2.35 bits per heavy atom. The van der Waals surface area contributed by atoms with Gasteiger partial charge in [-0.1, -0.05) is 42.5 Å². The zero-order chi connectivity index (χ0) is 15.9. The molecular weight excluding hydrogens is 289 g/mol. The topological polar surface area (TPSA) is 21.6 Å². The Labute approximate surface area is 134 Å². The van der Waals surface area contributed by atoms with Gasteiger partial charge in [-0.2, -0.15) is 0 Å². The third-order valence-corrected chi connectivity index (χ3v) is 3.26. The molecule has 3 aromatic rings. The van der Waals surface area contributed by atoms with Crippen molar-refractivity contribution in [3.05, 3.63) is 95.8 Å². The summed E-state index contributed by atoms with van der Waals surface area (Å²) in [5.41, 5.74) is 1.93. The second kappa shape index (κ2) is 7.36. The summed E-state index contributed by atoms with van der Waals surface area (Å²) >= 11 is 0. The highest BCUT2D eigenvalue weighted by molar-refractivity contribution is 5.80. The molecule has 3 aromatic carbocycles. The lowest BCUT2D eigenvalue weighted by Gasteiger charge is -2.05. The molecule has 2 nitrogen and oxygen atoms in total. The minimum Gasteiger partial charge on any atom is -0.457 e. The number of hydrogen-bond acceptors (Lipinski definition) is 2. The molecule has 0 aliphatic heterocycles. The van der Waals surface area contributed by atoms with E-state index in [0.717, 1.165) is 22.6 Å². The maximum Gasteiger partial charge on any atom is 0.128 e. The third kappa shape index (κ3) is 4.51. The van der Waals surface area contributed by atoms with E-state index in [2.05, 4.69) is 4.99 Å². The van der Waals surface area contributed by atoms with Crippen molar-refractivity contribution in [3.63, 3.8) is 0 Å². The first-order valence-electron chi connectivity index (χ1n) is 7.37. The van der Waals surface area contributed by atoms with Crippen molar-refractivity contribution < 1.29 is 9.13 Å². The average Bonchev–Trinajstić information content (AvgIpc) is 2.58. The summed E-state index contributed by atoms with van der Waals surface area (Å²) in [7, 11) is 0. The van der Waals surface area contributed by atoms with Crippen LogP contribution in [0.4, 0.5) is 4.39 Å². The SMILES string of the molecule is Fc1ccc(C/N=C/c2cccc(Oc3ccccc3)c2)cc1. The second-order valence-electron chi connectivity index (χ2n) is 5.08. The highest BCUT2D eigenvalue weighted by Gasteiger charge is 1.97. The van der Waals surface area contributed by atoms with E-state index in [9.17, 15) is 4.39 Å². The molecule has 0 radical (unpaired) electrons. The number of aliphatic imine (C=N–C) groups is 1. The molecule has 0 aliphatic rings. The second-order valence-corrected chi connectivity index (χ2v) is 5.08. The molecule has 23 heavy (non-hydrogen) atoms. The van der Waals surface area contributed by atoms with Gasteiger partial charge in [-0.15, -0.1) is 0 Å². The van der Waals surface area contributed by atoms with Crippen LogP contribution in [0, 0.1) is 5.82 Å². The van der Waals surface area contributed by atoms with Gasteiger partial charge in [-0.25, -0.2) is 4.39 Å². The monoisotopic (exact) mass is 305 g/mol. The zero-order valence-corrected chi connectivity index (χ0v) is 12.5. The molecular formula is C20H16FNO. The fraction of sp³-hybridized carbons (Fsp3) is 0.0500. The quantitative estimate of drug-likeness (QED) is 0.591. The first kappa shape index (κ1) is 15.0. The number of benzene rings is 3. The first-order valence-corrected chi connectivity index (χ1v) is 7.37. The van der Waals surface area contributed by atoms with Gasteiger partial charge in [0.25, 0.3) is 0 Å². The number of halogens is 1. The van der Waals surface area contributed by atoms with Crippen LogP contribution in [0.1, 0.15) is 11.1 Å². The van der Waals surface area contributed by atoms with Gasteiger partial charge < -0.3 is 4.74 Å². The Kier molecular flexibility index (Phi) is 4.79. The normalized spacial score (nSPS) is 10.8.